The number of anilines is 1. The second-order valence-electron chi connectivity index (χ2n) is 7.20. The third-order valence-electron chi connectivity index (χ3n) is 5.07. The fraction of sp³-hybridized carbons (Fsp3) is 0.0833. The van der Waals surface area contributed by atoms with E-state index in [1.165, 1.54) is 42.3 Å². The van der Waals surface area contributed by atoms with E-state index in [1.807, 2.05) is 6.07 Å². The van der Waals surface area contributed by atoms with Crippen molar-refractivity contribution < 1.29 is 23.2 Å². The normalized spacial score (nSPS) is 14.5. The number of amides is 2. The molecule has 0 bridgehead atoms. The maximum absolute atomic E-state index is 13.5. The first-order chi connectivity index (χ1) is 15.3. The summed E-state index contributed by atoms with van der Waals surface area (Å²) >= 11 is 0. The maximum atomic E-state index is 13.5. The highest BCUT2D eigenvalue weighted by molar-refractivity contribution is 6.36. The Morgan fingerprint density at radius 1 is 1.09 bits per heavy atom. The Labute approximate surface area is 182 Å². The molecule has 2 heterocycles. The summed E-state index contributed by atoms with van der Waals surface area (Å²) < 4.78 is 26.7. The summed E-state index contributed by atoms with van der Waals surface area (Å²) in [5, 5.41) is 2.76. The van der Waals surface area contributed by atoms with E-state index >= 15 is 0 Å². The SMILES string of the molecule is CN1C(=O)/C(=C/c2ccc(F)c(F)c2)C(=O)c2cc(C(=O)NCc3cccnc3)ccc21. The van der Waals surface area contributed by atoms with Gasteiger partial charge in [-0.15, -0.1) is 0 Å². The summed E-state index contributed by atoms with van der Waals surface area (Å²) in [6.07, 6.45) is 4.47. The lowest BCUT2D eigenvalue weighted by Gasteiger charge is -2.27. The number of likely N-dealkylation sites (N-methyl/N-ethyl adjacent to an activating group) is 1. The molecule has 6 nitrogen and oxygen atoms in total. The number of nitrogens with one attached hydrogen (secondary N) is 1. The number of rotatable bonds is 4. The van der Waals surface area contributed by atoms with E-state index in [-0.39, 0.29) is 28.8 Å². The summed E-state index contributed by atoms with van der Waals surface area (Å²) in [4.78, 5) is 43.6. The Morgan fingerprint density at radius 3 is 2.62 bits per heavy atom. The van der Waals surface area contributed by atoms with Gasteiger partial charge in [-0.1, -0.05) is 12.1 Å². The number of aromatic nitrogens is 1. The van der Waals surface area contributed by atoms with Gasteiger partial charge in [0, 0.05) is 37.1 Å². The summed E-state index contributed by atoms with van der Waals surface area (Å²) in [6.45, 7) is 0.261. The van der Waals surface area contributed by atoms with Gasteiger partial charge in [0.15, 0.2) is 11.6 Å². The molecule has 2 aromatic carbocycles. The average molecular weight is 433 g/mol. The van der Waals surface area contributed by atoms with Gasteiger partial charge in [0.1, 0.15) is 0 Å². The van der Waals surface area contributed by atoms with E-state index in [2.05, 4.69) is 10.3 Å². The molecule has 32 heavy (non-hydrogen) atoms. The standard InChI is InChI=1S/C24H17F2N3O3/c1-29-21-7-5-16(23(31)28-13-15-3-2-8-27-12-15)11-17(21)22(30)18(24(29)32)9-14-4-6-19(25)20(26)10-14/h2-12H,13H2,1H3,(H,28,31)/b18-9+. The number of hydrogen-bond acceptors (Lipinski definition) is 4. The molecule has 1 aromatic heterocycles. The van der Waals surface area contributed by atoms with Crippen LogP contribution in [0.5, 0.6) is 0 Å². The highest BCUT2D eigenvalue weighted by Gasteiger charge is 2.33. The van der Waals surface area contributed by atoms with E-state index in [0.717, 1.165) is 17.7 Å². The van der Waals surface area contributed by atoms with Crippen LogP contribution in [0.4, 0.5) is 14.5 Å². The zero-order valence-corrected chi connectivity index (χ0v) is 16.9. The van der Waals surface area contributed by atoms with Gasteiger partial charge in [-0.2, -0.15) is 0 Å². The molecule has 0 saturated heterocycles. The van der Waals surface area contributed by atoms with Crippen molar-refractivity contribution in [3.8, 4) is 0 Å². The number of hydrogen-bond donors (Lipinski definition) is 1. The second kappa shape index (κ2) is 8.50. The second-order valence-corrected chi connectivity index (χ2v) is 7.20. The first-order valence-electron chi connectivity index (χ1n) is 9.66. The van der Waals surface area contributed by atoms with Crippen LogP contribution in [-0.2, 0) is 11.3 Å². The van der Waals surface area contributed by atoms with E-state index in [1.54, 1.807) is 18.5 Å². The zero-order chi connectivity index (χ0) is 22.8. The Bertz CT molecular complexity index is 1270. The lowest BCUT2D eigenvalue weighted by molar-refractivity contribution is -0.114. The molecule has 1 aliphatic rings. The molecule has 4 rings (SSSR count). The molecule has 1 N–H and O–H groups in total. The fourth-order valence-electron chi connectivity index (χ4n) is 3.37. The van der Waals surface area contributed by atoms with E-state index < -0.39 is 29.2 Å². The topological polar surface area (TPSA) is 79.4 Å². The van der Waals surface area contributed by atoms with Crippen LogP contribution in [0.1, 0.15) is 31.8 Å². The number of benzene rings is 2. The van der Waals surface area contributed by atoms with Crippen molar-refractivity contribution in [2.75, 3.05) is 11.9 Å². The molecule has 1 aliphatic heterocycles. The molecule has 8 heteroatoms. The minimum atomic E-state index is -1.09. The summed E-state index contributed by atoms with van der Waals surface area (Å²) in [5.41, 5.74) is 1.54. The first-order valence-corrected chi connectivity index (χ1v) is 9.66. The quantitative estimate of drug-likeness (QED) is 0.504. The first kappa shape index (κ1) is 21.0. The molecule has 0 spiro atoms. The number of nitrogens with zero attached hydrogens (tertiary/aromatic N) is 2. The number of halogens is 2. The monoisotopic (exact) mass is 433 g/mol. The molecule has 0 unspecified atom stereocenters. The maximum Gasteiger partial charge on any atom is 0.262 e. The van der Waals surface area contributed by atoms with Crippen LogP contribution in [0.3, 0.4) is 0 Å². The molecule has 0 radical (unpaired) electrons. The Kier molecular flexibility index (Phi) is 5.59. The average Bonchev–Trinajstić information content (AvgIpc) is 2.81. The smallest absolute Gasteiger partial charge is 0.262 e. The Hall–Kier alpha value is -4.20. The molecule has 0 fully saturated rings. The van der Waals surface area contributed by atoms with Crippen LogP contribution < -0.4 is 10.2 Å². The number of pyridine rings is 1. The van der Waals surface area contributed by atoms with Crippen molar-refractivity contribution in [3.63, 3.8) is 0 Å². The molecule has 0 aliphatic carbocycles. The minimum Gasteiger partial charge on any atom is -0.348 e. The third kappa shape index (κ3) is 4.02. The zero-order valence-electron chi connectivity index (χ0n) is 16.9. The summed E-state index contributed by atoms with van der Waals surface area (Å²) in [5.74, 6) is -3.69. The molecule has 3 aromatic rings. The predicted molar refractivity (Wildman–Crippen MR) is 114 cm³/mol. The van der Waals surface area contributed by atoms with Crippen LogP contribution >= 0.6 is 0 Å². The van der Waals surface area contributed by atoms with Crippen LogP contribution in [-0.4, -0.2) is 29.6 Å². The highest BCUT2D eigenvalue weighted by Crippen LogP contribution is 2.31. The van der Waals surface area contributed by atoms with Crippen LogP contribution in [0, 0.1) is 11.6 Å². The molecular weight excluding hydrogens is 416 g/mol. The van der Waals surface area contributed by atoms with Gasteiger partial charge >= 0.3 is 0 Å². The van der Waals surface area contributed by atoms with Gasteiger partial charge in [-0.05, 0) is 53.6 Å². The Morgan fingerprint density at radius 2 is 1.91 bits per heavy atom. The van der Waals surface area contributed by atoms with Crippen molar-refractivity contribution in [1.29, 1.82) is 0 Å². The van der Waals surface area contributed by atoms with Crippen molar-refractivity contribution in [3.05, 3.63) is 100 Å². The lowest BCUT2D eigenvalue weighted by Crippen LogP contribution is -2.37. The van der Waals surface area contributed by atoms with E-state index in [9.17, 15) is 23.2 Å². The predicted octanol–water partition coefficient (Wildman–Crippen LogP) is 3.53. The highest BCUT2D eigenvalue weighted by atomic mass is 19.2. The largest absolute Gasteiger partial charge is 0.348 e. The minimum absolute atomic E-state index is 0.162. The number of carbonyl (C=O) groups excluding carboxylic acids is 3. The molecule has 160 valence electrons. The fourth-order valence-corrected chi connectivity index (χ4v) is 3.37. The van der Waals surface area contributed by atoms with Gasteiger partial charge < -0.3 is 10.2 Å². The van der Waals surface area contributed by atoms with Crippen molar-refractivity contribution in [2.24, 2.45) is 0 Å². The van der Waals surface area contributed by atoms with Crippen LogP contribution in [0.25, 0.3) is 6.08 Å². The van der Waals surface area contributed by atoms with E-state index in [4.69, 9.17) is 0 Å². The molecule has 0 saturated carbocycles. The molecule has 0 atom stereocenters. The molecular formula is C24H17F2N3O3. The van der Waals surface area contributed by atoms with Gasteiger partial charge in [-0.25, -0.2) is 8.78 Å². The lowest BCUT2D eigenvalue weighted by atomic mass is 9.92. The van der Waals surface area contributed by atoms with E-state index in [0.29, 0.717) is 5.69 Å². The van der Waals surface area contributed by atoms with Gasteiger partial charge in [-0.3, -0.25) is 19.4 Å². The number of carbonyl (C=O) groups is 3. The van der Waals surface area contributed by atoms with Gasteiger partial charge in [0.25, 0.3) is 11.8 Å². The summed E-state index contributed by atoms with van der Waals surface area (Å²) in [7, 11) is 1.49. The van der Waals surface area contributed by atoms with Gasteiger partial charge in [0.05, 0.1) is 11.3 Å². The van der Waals surface area contributed by atoms with Crippen LogP contribution in [0.15, 0.2) is 66.5 Å². The summed E-state index contributed by atoms with van der Waals surface area (Å²) in [6, 6.07) is 11.1. The third-order valence-corrected chi connectivity index (χ3v) is 5.07. The van der Waals surface area contributed by atoms with Crippen molar-refractivity contribution >= 4 is 29.4 Å². The Balaban J connectivity index is 1.64. The van der Waals surface area contributed by atoms with Crippen molar-refractivity contribution in [1.82, 2.24) is 10.3 Å². The number of Topliss-reactive ketones (excluding diaryl/α,β-unsaturated/α-hetero) is 1. The van der Waals surface area contributed by atoms with Crippen LogP contribution in [0.2, 0.25) is 0 Å². The number of ketones is 1. The van der Waals surface area contributed by atoms with Crippen molar-refractivity contribution in [2.45, 2.75) is 6.54 Å². The number of fused-ring (bicyclic) bond motifs is 1. The van der Waals surface area contributed by atoms with Gasteiger partial charge in [0.2, 0.25) is 5.78 Å². The molecule has 2 amide bonds.